The molecule has 2 N–H and O–H groups in total. The van der Waals surface area contributed by atoms with Crippen LogP contribution in [-0.2, 0) is 9.59 Å². The summed E-state index contributed by atoms with van der Waals surface area (Å²) in [6, 6.07) is 0. The quantitative estimate of drug-likeness (QED) is 0.598. The van der Waals surface area contributed by atoms with Gasteiger partial charge >= 0.3 is 0 Å². The summed E-state index contributed by atoms with van der Waals surface area (Å²) >= 11 is 0. The molecule has 1 saturated carbocycles. The monoisotopic (exact) mass is 182 g/mol. The summed E-state index contributed by atoms with van der Waals surface area (Å²) in [5, 5.41) is 0. The Labute approximate surface area is 77.1 Å². The molecule has 2 aliphatic rings. The van der Waals surface area contributed by atoms with Gasteiger partial charge < -0.3 is 5.73 Å². The van der Waals surface area contributed by atoms with Crippen LogP contribution in [0.2, 0.25) is 0 Å². The van der Waals surface area contributed by atoms with E-state index in [-0.39, 0.29) is 23.7 Å². The molecule has 0 radical (unpaired) electrons. The standard InChI is InChI=1S/C9H14N2O2/c10-3-4-11-8(12)6-1-2-7(5-6)9(11)13/h6-7H,1-5,10H2. The second kappa shape index (κ2) is 3.10. The fourth-order valence-corrected chi connectivity index (χ4v) is 2.33. The van der Waals surface area contributed by atoms with Crippen molar-refractivity contribution in [1.29, 1.82) is 0 Å². The highest BCUT2D eigenvalue weighted by Crippen LogP contribution is 2.37. The first-order valence-electron chi connectivity index (χ1n) is 4.79. The van der Waals surface area contributed by atoms with Gasteiger partial charge in [0.2, 0.25) is 11.8 Å². The molecule has 1 heterocycles. The highest BCUT2D eigenvalue weighted by Gasteiger charge is 2.44. The second-order valence-electron chi connectivity index (χ2n) is 3.82. The van der Waals surface area contributed by atoms with Crippen molar-refractivity contribution in [3.8, 4) is 0 Å². The van der Waals surface area contributed by atoms with Gasteiger partial charge in [0.1, 0.15) is 0 Å². The zero-order valence-electron chi connectivity index (χ0n) is 7.53. The van der Waals surface area contributed by atoms with E-state index in [2.05, 4.69) is 0 Å². The van der Waals surface area contributed by atoms with E-state index in [1.807, 2.05) is 0 Å². The zero-order chi connectivity index (χ0) is 9.42. The maximum atomic E-state index is 11.6. The minimum absolute atomic E-state index is 0.00389. The first-order chi connectivity index (χ1) is 6.24. The normalized spacial score (nSPS) is 32.8. The largest absolute Gasteiger partial charge is 0.329 e. The number of carbonyl (C=O) groups excluding carboxylic acids is 2. The van der Waals surface area contributed by atoms with Crippen molar-refractivity contribution < 1.29 is 9.59 Å². The lowest BCUT2D eigenvalue weighted by atomic mass is 9.97. The summed E-state index contributed by atoms with van der Waals surface area (Å²) in [5.74, 6) is 0.219. The molecule has 1 aliphatic carbocycles. The fraction of sp³-hybridized carbons (Fsp3) is 0.778. The van der Waals surface area contributed by atoms with Crippen LogP contribution in [-0.4, -0.2) is 29.8 Å². The van der Waals surface area contributed by atoms with E-state index >= 15 is 0 Å². The van der Waals surface area contributed by atoms with Crippen molar-refractivity contribution in [3.05, 3.63) is 0 Å². The number of amides is 2. The Morgan fingerprint density at radius 3 is 2.23 bits per heavy atom. The number of carbonyl (C=O) groups is 2. The summed E-state index contributed by atoms with van der Waals surface area (Å²) in [6.45, 7) is 0.765. The first kappa shape index (κ1) is 8.69. The fourth-order valence-electron chi connectivity index (χ4n) is 2.33. The minimum Gasteiger partial charge on any atom is -0.329 e. The summed E-state index contributed by atoms with van der Waals surface area (Å²) in [4.78, 5) is 24.6. The van der Waals surface area contributed by atoms with Crippen LogP contribution in [0.25, 0.3) is 0 Å². The number of fused-ring (bicyclic) bond motifs is 2. The zero-order valence-corrected chi connectivity index (χ0v) is 7.53. The molecule has 0 aromatic rings. The van der Waals surface area contributed by atoms with Gasteiger partial charge in [-0.15, -0.1) is 0 Å². The van der Waals surface area contributed by atoms with Crippen LogP contribution >= 0.6 is 0 Å². The molecule has 1 aliphatic heterocycles. The Kier molecular flexibility index (Phi) is 2.07. The topological polar surface area (TPSA) is 63.4 Å². The number of piperidine rings is 1. The first-order valence-corrected chi connectivity index (χ1v) is 4.79. The number of imide groups is 1. The summed E-state index contributed by atoms with van der Waals surface area (Å²) in [5.41, 5.74) is 5.35. The van der Waals surface area contributed by atoms with Gasteiger partial charge in [-0.3, -0.25) is 14.5 Å². The summed E-state index contributed by atoms with van der Waals surface area (Å²) < 4.78 is 0. The summed E-state index contributed by atoms with van der Waals surface area (Å²) in [7, 11) is 0. The van der Waals surface area contributed by atoms with E-state index in [4.69, 9.17) is 5.73 Å². The van der Waals surface area contributed by atoms with Crippen molar-refractivity contribution >= 4 is 11.8 Å². The van der Waals surface area contributed by atoms with E-state index in [1.165, 1.54) is 4.90 Å². The van der Waals surface area contributed by atoms with Gasteiger partial charge in [0.15, 0.2) is 0 Å². The SMILES string of the molecule is NCCN1C(=O)C2CCC(C2)C1=O. The van der Waals surface area contributed by atoms with Crippen molar-refractivity contribution in [3.63, 3.8) is 0 Å². The maximum Gasteiger partial charge on any atom is 0.232 e. The third kappa shape index (κ3) is 1.25. The van der Waals surface area contributed by atoms with Crippen molar-refractivity contribution in [2.75, 3.05) is 13.1 Å². The molecule has 2 fully saturated rings. The number of likely N-dealkylation sites (tertiary alicyclic amines) is 1. The molecule has 13 heavy (non-hydrogen) atoms. The average molecular weight is 182 g/mol. The van der Waals surface area contributed by atoms with E-state index in [0.29, 0.717) is 13.1 Å². The van der Waals surface area contributed by atoms with E-state index in [0.717, 1.165) is 19.3 Å². The number of rotatable bonds is 2. The second-order valence-corrected chi connectivity index (χ2v) is 3.82. The highest BCUT2D eigenvalue weighted by atomic mass is 16.2. The molecule has 0 aromatic carbocycles. The third-order valence-corrected chi connectivity index (χ3v) is 3.02. The molecule has 72 valence electrons. The van der Waals surface area contributed by atoms with E-state index in [9.17, 15) is 9.59 Å². The van der Waals surface area contributed by atoms with Gasteiger partial charge in [0.05, 0.1) is 0 Å². The van der Waals surface area contributed by atoms with Gasteiger partial charge in [0.25, 0.3) is 0 Å². The molecule has 2 unspecified atom stereocenters. The molecule has 2 amide bonds. The van der Waals surface area contributed by atoms with Crippen LogP contribution < -0.4 is 5.73 Å². The van der Waals surface area contributed by atoms with Crippen molar-refractivity contribution in [2.24, 2.45) is 17.6 Å². The Balaban J connectivity index is 2.17. The number of nitrogens with zero attached hydrogens (tertiary/aromatic N) is 1. The molecule has 1 saturated heterocycles. The van der Waals surface area contributed by atoms with Gasteiger partial charge in [-0.1, -0.05) is 0 Å². The van der Waals surface area contributed by atoms with Crippen LogP contribution in [0.3, 0.4) is 0 Å². The van der Waals surface area contributed by atoms with Gasteiger partial charge in [-0.05, 0) is 19.3 Å². The molecule has 4 heteroatoms. The van der Waals surface area contributed by atoms with Crippen molar-refractivity contribution in [2.45, 2.75) is 19.3 Å². The number of hydrogen-bond donors (Lipinski definition) is 1. The van der Waals surface area contributed by atoms with Crippen LogP contribution in [0.1, 0.15) is 19.3 Å². The Bertz CT molecular complexity index is 230. The number of nitrogens with two attached hydrogens (primary N) is 1. The lowest BCUT2D eigenvalue weighted by molar-refractivity contribution is -0.152. The van der Waals surface area contributed by atoms with Crippen LogP contribution in [0.4, 0.5) is 0 Å². The molecular formula is C9H14N2O2. The van der Waals surface area contributed by atoms with Gasteiger partial charge in [-0.25, -0.2) is 0 Å². The van der Waals surface area contributed by atoms with Crippen molar-refractivity contribution in [1.82, 2.24) is 4.90 Å². The molecule has 2 bridgehead atoms. The molecular weight excluding hydrogens is 168 g/mol. The van der Waals surface area contributed by atoms with Crippen LogP contribution in [0, 0.1) is 11.8 Å². The molecule has 2 atom stereocenters. The smallest absolute Gasteiger partial charge is 0.232 e. The van der Waals surface area contributed by atoms with Crippen LogP contribution in [0.5, 0.6) is 0 Å². The lowest BCUT2D eigenvalue weighted by Crippen LogP contribution is -2.48. The van der Waals surface area contributed by atoms with Crippen LogP contribution in [0.15, 0.2) is 0 Å². The van der Waals surface area contributed by atoms with Gasteiger partial charge in [-0.2, -0.15) is 0 Å². The minimum atomic E-state index is 0.00389. The highest BCUT2D eigenvalue weighted by molar-refractivity contribution is 6.00. The number of hydrogen-bond acceptors (Lipinski definition) is 3. The van der Waals surface area contributed by atoms with Gasteiger partial charge in [0, 0.05) is 24.9 Å². The molecule has 0 aromatic heterocycles. The van der Waals surface area contributed by atoms with E-state index < -0.39 is 0 Å². The Hall–Kier alpha value is -0.900. The maximum absolute atomic E-state index is 11.6. The predicted molar refractivity (Wildman–Crippen MR) is 46.6 cm³/mol. The molecule has 4 nitrogen and oxygen atoms in total. The Morgan fingerprint density at radius 2 is 1.77 bits per heavy atom. The average Bonchev–Trinajstić information content (AvgIpc) is 2.56. The third-order valence-electron chi connectivity index (χ3n) is 3.02. The lowest BCUT2D eigenvalue weighted by Gasteiger charge is -2.29. The Morgan fingerprint density at radius 1 is 1.23 bits per heavy atom. The summed E-state index contributed by atoms with van der Waals surface area (Å²) in [6.07, 6.45) is 2.55. The molecule has 0 spiro atoms. The predicted octanol–water partition coefficient (Wildman–Crippen LogP) is -0.270. The van der Waals surface area contributed by atoms with E-state index in [1.54, 1.807) is 0 Å². The molecule has 2 rings (SSSR count).